The number of likely N-dealkylation sites (tertiary alicyclic amines) is 1. The maximum atomic E-state index is 13.0. The third-order valence-electron chi connectivity index (χ3n) is 5.36. The molecule has 1 aliphatic rings. The highest BCUT2D eigenvalue weighted by molar-refractivity contribution is 5.81. The summed E-state index contributed by atoms with van der Waals surface area (Å²) in [4.78, 5) is 2.50. The predicted octanol–water partition coefficient (Wildman–Crippen LogP) is 4.22. The molecule has 0 aliphatic carbocycles. The van der Waals surface area contributed by atoms with E-state index in [2.05, 4.69) is 27.8 Å². The van der Waals surface area contributed by atoms with Gasteiger partial charge in [-0.25, -0.2) is 4.39 Å². The third kappa shape index (κ3) is 3.63. The van der Waals surface area contributed by atoms with Crippen LogP contribution in [0.1, 0.15) is 17.5 Å². The van der Waals surface area contributed by atoms with Gasteiger partial charge in [-0.2, -0.15) is 5.26 Å². The van der Waals surface area contributed by atoms with Gasteiger partial charge in [0.1, 0.15) is 5.82 Å². The summed E-state index contributed by atoms with van der Waals surface area (Å²) >= 11 is 0. The molecule has 1 aliphatic heterocycles. The Balaban J connectivity index is 1.36. The van der Waals surface area contributed by atoms with Gasteiger partial charge in [-0.05, 0) is 66.6 Å². The Morgan fingerprint density at radius 1 is 1.12 bits per heavy atom. The fourth-order valence-electron chi connectivity index (χ4n) is 3.89. The molecule has 2 aromatic carbocycles. The molecule has 2 heterocycles. The van der Waals surface area contributed by atoms with Crippen LogP contribution in [0.2, 0.25) is 0 Å². The Kier molecular flexibility index (Phi) is 4.73. The van der Waals surface area contributed by atoms with Crippen LogP contribution < -0.4 is 0 Å². The quantitative estimate of drug-likeness (QED) is 0.692. The van der Waals surface area contributed by atoms with E-state index >= 15 is 0 Å². The molecule has 4 rings (SSSR count). The first kappa shape index (κ1) is 16.8. The van der Waals surface area contributed by atoms with Gasteiger partial charge >= 0.3 is 0 Å². The van der Waals surface area contributed by atoms with E-state index in [1.54, 1.807) is 0 Å². The van der Waals surface area contributed by atoms with Crippen molar-refractivity contribution in [3.05, 3.63) is 71.7 Å². The zero-order chi connectivity index (χ0) is 17.9. The summed E-state index contributed by atoms with van der Waals surface area (Å²) in [6.45, 7) is 4.23. The average molecular weight is 347 g/mol. The van der Waals surface area contributed by atoms with E-state index in [0.717, 1.165) is 38.1 Å². The monoisotopic (exact) mass is 347 g/mol. The van der Waals surface area contributed by atoms with Crippen LogP contribution in [-0.2, 0) is 13.0 Å². The van der Waals surface area contributed by atoms with E-state index in [4.69, 9.17) is 5.26 Å². The van der Waals surface area contributed by atoms with Crippen LogP contribution in [0.5, 0.6) is 0 Å². The summed E-state index contributed by atoms with van der Waals surface area (Å²) in [5.74, 6) is 0.457. The lowest BCUT2D eigenvalue weighted by Gasteiger charge is -2.17. The standard InChI is InChI=1S/C22H22FN3/c23-21-5-2-17(3-6-21)7-10-25-11-8-19(15-25)16-26-12-9-20-4-1-18(14-24)13-22(20)26/h1-6,9,12-13,19H,7-8,10-11,15-16H2. The van der Waals surface area contributed by atoms with Gasteiger partial charge in [0.25, 0.3) is 0 Å². The molecule has 1 fully saturated rings. The number of benzene rings is 2. The number of halogens is 1. The van der Waals surface area contributed by atoms with Gasteiger partial charge in [-0.3, -0.25) is 0 Å². The van der Waals surface area contributed by atoms with Gasteiger partial charge in [-0.1, -0.05) is 18.2 Å². The van der Waals surface area contributed by atoms with E-state index in [-0.39, 0.29) is 5.82 Å². The van der Waals surface area contributed by atoms with Gasteiger partial charge < -0.3 is 9.47 Å². The molecule has 1 saturated heterocycles. The molecule has 3 nitrogen and oxygen atoms in total. The molecule has 0 N–H and O–H groups in total. The summed E-state index contributed by atoms with van der Waals surface area (Å²) in [7, 11) is 0. The third-order valence-corrected chi connectivity index (χ3v) is 5.36. The fraction of sp³-hybridized carbons (Fsp3) is 0.318. The van der Waals surface area contributed by atoms with E-state index in [9.17, 15) is 4.39 Å². The number of rotatable bonds is 5. The molecule has 132 valence electrons. The van der Waals surface area contributed by atoms with Crippen molar-refractivity contribution in [2.24, 2.45) is 5.92 Å². The van der Waals surface area contributed by atoms with E-state index in [1.807, 2.05) is 30.3 Å². The average Bonchev–Trinajstić information content (AvgIpc) is 3.28. The van der Waals surface area contributed by atoms with Crippen LogP contribution >= 0.6 is 0 Å². The summed E-state index contributed by atoms with van der Waals surface area (Å²) in [5, 5.41) is 10.3. The second-order valence-electron chi connectivity index (χ2n) is 7.19. The number of hydrogen-bond donors (Lipinski definition) is 0. The van der Waals surface area contributed by atoms with Crippen molar-refractivity contribution in [3.63, 3.8) is 0 Å². The van der Waals surface area contributed by atoms with Crippen molar-refractivity contribution in [1.29, 1.82) is 5.26 Å². The summed E-state index contributed by atoms with van der Waals surface area (Å²) < 4.78 is 15.3. The molecule has 1 unspecified atom stereocenters. The van der Waals surface area contributed by atoms with Gasteiger partial charge in [-0.15, -0.1) is 0 Å². The number of fused-ring (bicyclic) bond motifs is 1. The lowest BCUT2D eigenvalue weighted by molar-refractivity contribution is 0.321. The van der Waals surface area contributed by atoms with Crippen molar-refractivity contribution in [3.8, 4) is 6.07 Å². The zero-order valence-electron chi connectivity index (χ0n) is 14.7. The molecular weight excluding hydrogens is 325 g/mol. The molecule has 0 amide bonds. The molecule has 0 saturated carbocycles. The Morgan fingerprint density at radius 2 is 1.96 bits per heavy atom. The number of hydrogen-bond acceptors (Lipinski definition) is 2. The van der Waals surface area contributed by atoms with Crippen LogP contribution in [0.3, 0.4) is 0 Å². The first-order chi connectivity index (χ1) is 12.7. The molecule has 3 aromatic rings. The van der Waals surface area contributed by atoms with Crippen molar-refractivity contribution in [1.82, 2.24) is 9.47 Å². The largest absolute Gasteiger partial charge is 0.347 e. The molecule has 1 atom stereocenters. The lowest BCUT2D eigenvalue weighted by atomic mass is 10.1. The number of nitrogens with zero attached hydrogens (tertiary/aromatic N) is 3. The fourth-order valence-corrected chi connectivity index (χ4v) is 3.89. The first-order valence-electron chi connectivity index (χ1n) is 9.17. The second-order valence-corrected chi connectivity index (χ2v) is 7.19. The molecule has 0 bridgehead atoms. The second kappa shape index (κ2) is 7.31. The highest BCUT2D eigenvalue weighted by atomic mass is 19.1. The number of aromatic nitrogens is 1. The molecule has 1 aromatic heterocycles. The highest BCUT2D eigenvalue weighted by Crippen LogP contribution is 2.23. The molecular formula is C22H22FN3. The van der Waals surface area contributed by atoms with Crippen LogP contribution in [-0.4, -0.2) is 29.1 Å². The maximum Gasteiger partial charge on any atom is 0.123 e. The summed E-state index contributed by atoms with van der Waals surface area (Å²) in [6.07, 6.45) is 4.29. The number of nitriles is 1. The summed E-state index contributed by atoms with van der Waals surface area (Å²) in [5.41, 5.74) is 3.05. The van der Waals surface area contributed by atoms with Gasteiger partial charge in [0.05, 0.1) is 11.6 Å². The van der Waals surface area contributed by atoms with Crippen LogP contribution in [0.4, 0.5) is 4.39 Å². The van der Waals surface area contributed by atoms with Gasteiger partial charge in [0.2, 0.25) is 0 Å². The Morgan fingerprint density at radius 3 is 2.77 bits per heavy atom. The van der Waals surface area contributed by atoms with Crippen molar-refractivity contribution < 1.29 is 4.39 Å². The normalized spacial score (nSPS) is 17.6. The Hall–Kier alpha value is -2.64. The zero-order valence-corrected chi connectivity index (χ0v) is 14.7. The minimum absolute atomic E-state index is 0.173. The van der Waals surface area contributed by atoms with E-state index < -0.39 is 0 Å². The smallest absolute Gasteiger partial charge is 0.123 e. The SMILES string of the molecule is N#Cc1ccc2ccn(CC3CCN(CCc4ccc(F)cc4)C3)c2c1. The van der Waals surface area contributed by atoms with Crippen molar-refractivity contribution in [2.45, 2.75) is 19.4 Å². The first-order valence-corrected chi connectivity index (χ1v) is 9.17. The molecule has 4 heteroatoms. The van der Waals surface area contributed by atoms with Crippen molar-refractivity contribution in [2.75, 3.05) is 19.6 Å². The van der Waals surface area contributed by atoms with Crippen LogP contribution in [0.25, 0.3) is 10.9 Å². The maximum absolute atomic E-state index is 13.0. The molecule has 26 heavy (non-hydrogen) atoms. The van der Waals surface area contributed by atoms with Crippen molar-refractivity contribution >= 4 is 10.9 Å². The predicted molar refractivity (Wildman–Crippen MR) is 101 cm³/mol. The minimum Gasteiger partial charge on any atom is -0.347 e. The topological polar surface area (TPSA) is 32.0 Å². The summed E-state index contributed by atoms with van der Waals surface area (Å²) in [6, 6.07) is 17.1. The van der Waals surface area contributed by atoms with Crippen LogP contribution in [0, 0.1) is 23.1 Å². The Bertz CT molecular complexity index is 936. The Labute approximate surface area is 153 Å². The minimum atomic E-state index is -0.173. The highest BCUT2D eigenvalue weighted by Gasteiger charge is 2.22. The van der Waals surface area contributed by atoms with Gasteiger partial charge in [0.15, 0.2) is 0 Å². The van der Waals surface area contributed by atoms with Crippen LogP contribution in [0.15, 0.2) is 54.7 Å². The van der Waals surface area contributed by atoms with E-state index in [0.29, 0.717) is 11.5 Å². The lowest BCUT2D eigenvalue weighted by Crippen LogP contribution is -2.24. The molecule has 0 spiro atoms. The van der Waals surface area contributed by atoms with Gasteiger partial charge in [0, 0.05) is 31.3 Å². The van der Waals surface area contributed by atoms with E-state index in [1.165, 1.54) is 29.5 Å². The molecule has 0 radical (unpaired) electrons.